The summed E-state index contributed by atoms with van der Waals surface area (Å²) in [6.07, 6.45) is 0.720. The van der Waals surface area contributed by atoms with Crippen LogP contribution in [0.2, 0.25) is 0 Å². The maximum absolute atomic E-state index is 12.6. The van der Waals surface area contributed by atoms with Gasteiger partial charge >= 0.3 is 5.97 Å². The van der Waals surface area contributed by atoms with Crippen molar-refractivity contribution in [2.24, 2.45) is 5.92 Å². The lowest BCUT2D eigenvalue weighted by atomic mass is 9.97. The second kappa shape index (κ2) is 6.95. The van der Waals surface area contributed by atoms with Crippen LogP contribution in [0.3, 0.4) is 0 Å². The Labute approximate surface area is 134 Å². The predicted molar refractivity (Wildman–Crippen MR) is 83.0 cm³/mol. The van der Waals surface area contributed by atoms with Gasteiger partial charge in [-0.2, -0.15) is 0 Å². The minimum atomic E-state index is -3.75. The lowest BCUT2D eigenvalue weighted by Crippen LogP contribution is -2.48. The molecule has 2 rings (SSSR count). The monoisotopic (exact) mass is 348 g/mol. The summed E-state index contributed by atoms with van der Waals surface area (Å²) in [6.45, 7) is 3.53. The van der Waals surface area contributed by atoms with Gasteiger partial charge in [0.2, 0.25) is 0 Å². The average molecular weight is 348 g/mol. The molecule has 2 heterocycles. The lowest BCUT2D eigenvalue weighted by molar-refractivity contribution is 0.0606. The van der Waals surface area contributed by atoms with E-state index in [9.17, 15) is 13.2 Å². The van der Waals surface area contributed by atoms with Gasteiger partial charge in [0.05, 0.1) is 14.2 Å². The molecule has 1 fully saturated rings. The van der Waals surface area contributed by atoms with E-state index in [1.807, 2.05) is 6.92 Å². The first-order valence-corrected chi connectivity index (χ1v) is 9.18. The lowest BCUT2D eigenvalue weighted by Gasteiger charge is -2.29. The third-order valence-electron chi connectivity index (χ3n) is 3.61. The number of hydrogen-bond donors (Lipinski definition) is 2. The van der Waals surface area contributed by atoms with Gasteiger partial charge in [0, 0.05) is 12.1 Å². The van der Waals surface area contributed by atoms with E-state index in [1.165, 1.54) is 20.3 Å². The zero-order valence-corrected chi connectivity index (χ0v) is 14.3. The number of esters is 1. The van der Waals surface area contributed by atoms with Crippen molar-refractivity contribution in [3.63, 3.8) is 0 Å². The number of hydrogen-bond acceptors (Lipinski definition) is 7. The summed E-state index contributed by atoms with van der Waals surface area (Å²) in [5, 5.41) is 3.22. The summed E-state index contributed by atoms with van der Waals surface area (Å²) >= 11 is 0.848. The Kier molecular flexibility index (Phi) is 5.43. The maximum atomic E-state index is 12.6. The molecule has 7 nitrogen and oxygen atoms in total. The van der Waals surface area contributed by atoms with Crippen LogP contribution in [0.5, 0.6) is 5.75 Å². The van der Waals surface area contributed by atoms with Gasteiger partial charge in [0.15, 0.2) is 9.96 Å². The van der Waals surface area contributed by atoms with Gasteiger partial charge in [-0.1, -0.05) is 6.92 Å². The number of ether oxygens (including phenoxy) is 2. The van der Waals surface area contributed by atoms with E-state index in [0.717, 1.165) is 30.8 Å². The van der Waals surface area contributed by atoms with Crippen molar-refractivity contribution in [1.29, 1.82) is 0 Å². The van der Waals surface area contributed by atoms with Crippen molar-refractivity contribution in [1.82, 2.24) is 10.0 Å². The average Bonchev–Trinajstić information content (AvgIpc) is 2.94. The Hall–Kier alpha value is -1.16. The second-order valence-corrected chi connectivity index (χ2v) is 8.12. The van der Waals surface area contributed by atoms with E-state index in [-0.39, 0.29) is 26.8 Å². The maximum Gasteiger partial charge on any atom is 0.348 e. The number of piperidine rings is 1. The number of sulfonamides is 1. The number of rotatable bonds is 5. The van der Waals surface area contributed by atoms with E-state index in [1.54, 1.807) is 0 Å². The molecule has 0 bridgehead atoms. The van der Waals surface area contributed by atoms with Crippen molar-refractivity contribution >= 4 is 27.3 Å². The molecule has 2 N–H and O–H groups in total. The van der Waals surface area contributed by atoms with Gasteiger partial charge < -0.3 is 14.8 Å². The topological polar surface area (TPSA) is 93.7 Å². The summed E-state index contributed by atoms with van der Waals surface area (Å²) in [5.74, 6) is -0.242. The van der Waals surface area contributed by atoms with Crippen LogP contribution in [-0.4, -0.2) is 47.7 Å². The van der Waals surface area contributed by atoms with Crippen LogP contribution < -0.4 is 14.8 Å². The van der Waals surface area contributed by atoms with Crippen LogP contribution in [0, 0.1) is 5.92 Å². The molecule has 0 aromatic carbocycles. The van der Waals surface area contributed by atoms with Crippen molar-refractivity contribution in [2.45, 2.75) is 23.6 Å². The Morgan fingerprint density at radius 3 is 2.77 bits per heavy atom. The highest BCUT2D eigenvalue weighted by Gasteiger charge is 2.31. The number of thiophene rings is 1. The minimum Gasteiger partial charge on any atom is -0.494 e. The highest BCUT2D eigenvalue weighted by molar-refractivity contribution is 7.91. The van der Waals surface area contributed by atoms with Crippen molar-refractivity contribution in [2.75, 3.05) is 27.3 Å². The molecule has 2 atom stereocenters. The zero-order chi connectivity index (χ0) is 16.3. The van der Waals surface area contributed by atoms with Gasteiger partial charge in [-0.3, -0.25) is 0 Å². The van der Waals surface area contributed by atoms with Gasteiger partial charge in [-0.25, -0.2) is 17.9 Å². The van der Waals surface area contributed by atoms with E-state index < -0.39 is 16.0 Å². The molecular weight excluding hydrogens is 328 g/mol. The number of carbonyl (C=O) groups is 1. The normalized spacial score (nSPS) is 22.3. The zero-order valence-electron chi connectivity index (χ0n) is 12.7. The van der Waals surface area contributed by atoms with E-state index in [2.05, 4.69) is 14.8 Å². The van der Waals surface area contributed by atoms with Crippen molar-refractivity contribution in [3.05, 3.63) is 10.9 Å². The van der Waals surface area contributed by atoms with E-state index in [4.69, 9.17) is 4.74 Å². The summed E-state index contributed by atoms with van der Waals surface area (Å²) in [4.78, 5) is 11.8. The highest BCUT2D eigenvalue weighted by Crippen LogP contribution is 2.34. The smallest absolute Gasteiger partial charge is 0.348 e. The van der Waals surface area contributed by atoms with Crippen molar-refractivity contribution < 1.29 is 22.7 Å². The largest absolute Gasteiger partial charge is 0.494 e. The third-order valence-corrected chi connectivity index (χ3v) is 6.71. The fourth-order valence-electron chi connectivity index (χ4n) is 2.33. The third kappa shape index (κ3) is 3.60. The number of nitrogens with one attached hydrogen (secondary N) is 2. The van der Waals surface area contributed by atoms with Gasteiger partial charge in [-0.15, -0.1) is 11.3 Å². The SMILES string of the molecule is COC(=O)c1cc(OC)c(S(=O)(=O)NC2CCNCC2C)s1. The molecule has 1 aromatic rings. The van der Waals surface area contributed by atoms with Gasteiger partial charge in [0.1, 0.15) is 4.88 Å². The minimum absolute atomic E-state index is 0.00105. The molecule has 0 radical (unpaired) electrons. The molecule has 0 spiro atoms. The Bertz CT molecular complexity index is 641. The summed E-state index contributed by atoms with van der Waals surface area (Å²) < 4.78 is 37.6. The Morgan fingerprint density at radius 1 is 1.45 bits per heavy atom. The fourth-order valence-corrected chi connectivity index (χ4v) is 5.22. The van der Waals surface area contributed by atoms with Crippen LogP contribution in [0.25, 0.3) is 0 Å². The molecule has 1 aliphatic heterocycles. The van der Waals surface area contributed by atoms with Crippen LogP contribution in [-0.2, 0) is 14.8 Å². The quantitative estimate of drug-likeness (QED) is 0.765. The van der Waals surface area contributed by atoms with Crippen LogP contribution in [0.1, 0.15) is 23.0 Å². The van der Waals surface area contributed by atoms with Crippen LogP contribution >= 0.6 is 11.3 Å². The fraction of sp³-hybridized carbons (Fsp3) is 0.615. The Morgan fingerprint density at radius 2 is 2.18 bits per heavy atom. The van der Waals surface area contributed by atoms with Gasteiger partial charge in [0.25, 0.3) is 10.0 Å². The summed E-state index contributed by atoms with van der Waals surface area (Å²) in [6, 6.07) is 1.25. The van der Waals surface area contributed by atoms with E-state index in [0.29, 0.717) is 0 Å². The molecular formula is C13H20N2O5S2. The molecule has 22 heavy (non-hydrogen) atoms. The molecule has 0 saturated carbocycles. The van der Waals surface area contributed by atoms with Crippen molar-refractivity contribution in [3.8, 4) is 5.75 Å². The Balaban J connectivity index is 2.28. The second-order valence-electron chi connectivity index (χ2n) is 5.16. The molecule has 0 aliphatic carbocycles. The summed E-state index contributed by atoms with van der Waals surface area (Å²) in [5.41, 5.74) is 0. The molecule has 9 heteroatoms. The molecule has 1 saturated heterocycles. The van der Waals surface area contributed by atoms with Gasteiger partial charge in [-0.05, 0) is 25.4 Å². The molecule has 0 amide bonds. The molecule has 1 aliphatic rings. The molecule has 2 unspecified atom stereocenters. The number of methoxy groups -OCH3 is 2. The van der Waals surface area contributed by atoms with Crippen LogP contribution in [0.4, 0.5) is 0 Å². The standard InChI is InChI=1S/C13H20N2O5S2/c1-8-7-14-5-4-9(8)15-22(17,18)13-10(19-2)6-11(21-13)12(16)20-3/h6,8-9,14-15H,4-5,7H2,1-3H3. The molecule has 1 aromatic heterocycles. The molecule has 124 valence electrons. The highest BCUT2D eigenvalue weighted by atomic mass is 32.2. The predicted octanol–water partition coefficient (Wildman–Crippen LogP) is 0.820. The van der Waals surface area contributed by atoms with E-state index >= 15 is 0 Å². The summed E-state index contributed by atoms with van der Waals surface area (Å²) in [7, 11) is -1.13. The number of carbonyl (C=O) groups excluding carboxylic acids is 1. The first kappa shape index (κ1) is 17.2. The first-order chi connectivity index (χ1) is 10.4. The first-order valence-electron chi connectivity index (χ1n) is 6.88. The van der Waals surface area contributed by atoms with Crippen LogP contribution in [0.15, 0.2) is 10.3 Å².